The number of rotatable bonds is 9. The van der Waals surface area contributed by atoms with E-state index in [2.05, 4.69) is 10.0 Å². The Morgan fingerprint density at radius 2 is 1.89 bits per heavy atom. The maximum atomic E-state index is 13.6. The predicted octanol–water partition coefficient (Wildman–Crippen LogP) is 4.25. The normalized spacial score (nSPS) is 17.2. The quantitative estimate of drug-likeness (QED) is 0.363. The lowest BCUT2D eigenvalue weighted by Gasteiger charge is -2.34. The van der Waals surface area contributed by atoms with Gasteiger partial charge in [-0.3, -0.25) is 9.59 Å². The number of amides is 1. The standard InChI is InChI=1S/C24H29Cl2N3O5S/c1-3-34-24(31)18-10-7-13-29(15-18)20-12-11-19(27-23(30)22(25)26)14-21(20)35(32,33)28-16(2)17-8-5-4-6-9-17/h4-6,8-9,11-12,14,16,18,22,28H,3,7,10,13,15H2,1-2H3,(H,27,30)/t16-,18-/m1/s1. The summed E-state index contributed by atoms with van der Waals surface area (Å²) in [6.45, 7) is 4.69. The van der Waals surface area contributed by atoms with E-state index in [0.29, 0.717) is 31.6 Å². The number of carbonyl (C=O) groups is 2. The Kier molecular flexibility index (Phi) is 9.40. The molecule has 35 heavy (non-hydrogen) atoms. The van der Waals surface area contributed by atoms with E-state index in [1.807, 2.05) is 35.2 Å². The number of esters is 1. The fraction of sp³-hybridized carbons (Fsp3) is 0.417. The molecule has 1 heterocycles. The lowest BCUT2D eigenvalue weighted by Crippen LogP contribution is -2.40. The number of halogens is 2. The molecule has 3 rings (SSSR count). The molecule has 0 aliphatic carbocycles. The third kappa shape index (κ3) is 7.10. The third-order valence-electron chi connectivity index (χ3n) is 5.73. The summed E-state index contributed by atoms with van der Waals surface area (Å²) < 4.78 is 35.0. The van der Waals surface area contributed by atoms with Crippen LogP contribution in [0.3, 0.4) is 0 Å². The van der Waals surface area contributed by atoms with E-state index in [4.69, 9.17) is 27.9 Å². The monoisotopic (exact) mass is 541 g/mol. The van der Waals surface area contributed by atoms with Gasteiger partial charge in [-0.25, -0.2) is 13.1 Å². The van der Waals surface area contributed by atoms with Crippen LogP contribution >= 0.6 is 23.2 Å². The van der Waals surface area contributed by atoms with Gasteiger partial charge in [0.25, 0.3) is 5.91 Å². The molecule has 0 saturated carbocycles. The first-order valence-corrected chi connectivity index (χ1v) is 13.7. The van der Waals surface area contributed by atoms with Gasteiger partial charge in [0.2, 0.25) is 10.0 Å². The van der Waals surface area contributed by atoms with Crippen LogP contribution in [0, 0.1) is 5.92 Å². The Bertz CT molecular complexity index is 1150. The summed E-state index contributed by atoms with van der Waals surface area (Å²) >= 11 is 11.3. The molecule has 0 spiro atoms. The number of piperidine rings is 1. The Labute approximate surface area is 216 Å². The summed E-state index contributed by atoms with van der Waals surface area (Å²) in [5, 5.41) is 2.53. The molecule has 0 bridgehead atoms. The summed E-state index contributed by atoms with van der Waals surface area (Å²) in [6.07, 6.45) is 1.37. The van der Waals surface area contributed by atoms with Gasteiger partial charge in [0, 0.05) is 24.8 Å². The van der Waals surface area contributed by atoms with Crippen molar-refractivity contribution in [3.63, 3.8) is 0 Å². The zero-order chi connectivity index (χ0) is 25.6. The molecule has 0 radical (unpaired) electrons. The lowest BCUT2D eigenvalue weighted by atomic mass is 9.97. The second-order valence-corrected chi connectivity index (χ2v) is 11.0. The lowest BCUT2D eigenvalue weighted by molar-refractivity contribution is -0.148. The Morgan fingerprint density at radius 3 is 2.54 bits per heavy atom. The van der Waals surface area contributed by atoms with E-state index < -0.39 is 26.8 Å². The van der Waals surface area contributed by atoms with Gasteiger partial charge in [-0.15, -0.1) is 0 Å². The van der Waals surface area contributed by atoms with Crippen molar-refractivity contribution in [2.45, 2.75) is 42.5 Å². The fourth-order valence-electron chi connectivity index (χ4n) is 4.02. The first-order valence-electron chi connectivity index (χ1n) is 11.3. The average molecular weight is 542 g/mol. The van der Waals surface area contributed by atoms with E-state index in [0.717, 1.165) is 5.56 Å². The minimum Gasteiger partial charge on any atom is -0.466 e. The molecule has 1 aliphatic heterocycles. The molecule has 190 valence electrons. The number of nitrogens with zero attached hydrogens (tertiary/aromatic N) is 1. The number of alkyl halides is 2. The summed E-state index contributed by atoms with van der Waals surface area (Å²) in [5.74, 6) is -1.32. The average Bonchev–Trinajstić information content (AvgIpc) is 2.84. The Morgan fingerprint density at radius 1 is 1.17 bits per heavy atom. The molecule has 1 amide bonds. The molecule has 2 atom stereocenters. The first kappa shape index (κ1) is 27.3. The van der Waals surface area contributed by atoms with Gasteiger partial charge in [0.05, 0.1) is 18.2 Å². The summed E-state index contributed by atoms with van der Waals surface area (Å²) in [4.78, 5) is 24.9. The van der Waals surface area contributed by atoms with Crippen LogP contribution in [0.15, 0.2) is 53.4 Å². The van der Waals surface area contributed by atoms with E-state index in [-0.39, 0.29) is 29.1 Å². The smallest absolute Gasteiger partial charge is 0.310 e. The van der Waals surface area contributed by atoms with Crippen LogP contribution in [-0.2, 0) is 24.3 Å². The molecule has 1 aliphatic rings. The minimum absolute atomic E-state index is 0.0247. The fourth-order valence-corrected chi connectivity index (χ4v) is 5.61. The molecule has 1 saturated heterocycles. The second-order valence-electron chi connectivity index (χ2n) is 8.26. The molecule has 1 fully saturated rings. The molecular weight excluding hydrogens is 513 g/mol. The molecule has 0 aromatic heterocycles. The minimum atomic E-state index is -4.04. The van der Waals surface area contributed by atoms with Crippen molar-refractivity contribution in [2.24, 2.45) is 5.92 Å². The number of carbonyl (C=O) groups excluding carboxylic acids is 2. The number of anilines is 2. The maximum Gasteiger partial charge on any atom is 0.310 e. The number of benzene rings is 2. The number of nitrogens with one attached hydrogen (secondary N) is 2. The van der Waals surface area contributed by atoms with E-state index in [1.54, 1.807) is 26.0 Å². The highest BCUT2D eigenvalue weighted by atomic mass is 35.5. The first-order chi connectivity index (χ1) is 16.6. The number of hydrogen-bond acceptors (Lipinski definition) is 6. The molecule has 11 heteroatoms. The third-order valence-corrected chi connectivity index (χ3v) is 7.69. The largest absolute Gasteiger partial charge is 0.466 e. The van der Waals surface area contributed by atoms with Crippen molar-refractivity contribution in [3.05, 3.63) is 54.1 Å². The van der Waals surface area contributed by atoms with E-state index in [1.165, 1.54) is 6.07 Å². The highest BCUT2D eigenvalue weighted by molar-refractivity contribution is 7.89. The van der Waals surface area contributed by atoms with Gasteiger partial charge in [-0.2, -0.15) is 0 Å². The van der Waals surface area contributed by atoms with Crippen molar-refractivity contribution >= 4 is 56.5 Å². The van der Waals surface area contributed by atoms with Gasteiger partial charge < -0.3 is 15.0 Å². The van der Waals surface area contributed by atoms with Crippen LogP contribution in [0.4, 0.5) is 11.4 Å². The van der Waals surface area contributed by atoms with Crippen LogP contribution in [0.2, 0.25) is 0 Å². The number of hydrogen-bond donors (Lipinski definition) is 2. The van der Waals surface area contributed by atoms with Crippen molar-refractivity contribution in [1.29, 1.82) is 0 Å². The highest BCUT2D eigenvalue weighted by Gasteiger charge is 2.31. The predicted molar refractivity (Wildman–Crippen MR) is 137 cm³/mol. The summed E-state index contributed by atoms with van der Waals surface area (Å²) in [5.41, 5.74) is 1.46. The summed E-state index contributed by atoms with van der Waals surface area (Å²) in [6, 6.07) is 13.2. The zero-order valence-electron chi connectivity index (χ0n) is 19.5. The highest BCUT2D eigenvalue weighted by Crippen LogP contribution is 2.33. The van der Waals surface area contributed by atoms with Crippen LogP contribution in [-0.4, -0.2) is 44.8 Å². The summed E-state index contributed by atoms with van der Waals surface area (Å²) in [7, 11) is -4.04. The van der Waals surface area contributed by atoms with Gasteiger partial charge in [-0.05, 0) is 50.5 Å². The number of sulfonamides is 1. The maximum absolute atomic E-state index is 13.6. The zero-order valence-corrected chi connectivity index (χ0v) is 21.9. The molecule has 8 nitrogen and oxygen atoms in total. The van der Waals surface area contributed by atoms with E-state index >= 15 is 0 Å². The van der Waals surface area contributed by atoms with E-state index in [9.17, 15) is 18.0 Å². The topological polar surface area (TPSA) is 105 Å². The Hall–Kier alpha value is -2.33. The van der Waals surface area contributed by atoms with Crippen molar-refractivity contribution in [2.75, 3.05) is 29.9 Å². The van der Waals surface area contributed by atoms with Crippen molar-refractivity contribution < 1.29 is 22.7 Å². The van der Waals surface area contributed by atoms with Crippen LogP contribution < -0.4 is 14.9 Å². The molecule has 0 unspecified atom stereocenters. The SMILES string of the molecule is CCOC(=O)[C@@H]1CCCN(c2ccc(NC(=O)C(Cl)Cl)cc2S(=O)(=O)N[C@H](C)c2ccccc2)C1. The van der Waals surface area contributed by atoms with Gasteiger partial charge >= 0.3 is 5.97 Å². The molecule has 2 aromatic rings. The van der Waals surface area contributed by atoms with Gasteiger partial charge in [0.15, 0.2) is 4.84 Å². The van der Waals surface area contributed by atoms with Crippen molar-refractivity contribution in [3.8, 4) is 0 Å². The van der Waals surface area contributed by atoms with Crippen LogP contribution in [0.1, 0.15) is 38.3 Å². The molecular formula is C24H29Cl2N3O5S. The van der Waals surface area contributed by atoms with Crippen LogP contribution in [0.5, 0.6) is 0 Å². The van der Waals surface area contributed by atoms with Gasteiger partial charge in [0.1, 0.15) is 4.90 Å². The number of ether oxygens (including phenoxy) is 1. The Balaban J connectivity index is 1.97. The van der Waals surface area contributed by atoms with Crippen molar-refractivity contribution in [1.82, 2.24) is 4.72 Å². The molecule has 2 N–H and O–H groups in total. The second kappa shape index (κ2) is 12.1. The van der Waals surface area contributed by atoms with Crippen LogP contribution in [0.25, 0.3) is 0 Å². The molecule has 2 aromatic carbocycles. The van der Waals surface area contributed by atoms with Gasteiger partial charge in [-0.1, -0.05) is 53.5 Å².